The number of hydrogen-bond donors (Lipinski definition) is 2. The Balaban J connectivity index is 1.79. The second kappa shape index (κ2) is 5.52. The van der Waals surface area contributed by atoms with Gasteiger partial charge in [0.15, 0.2) is 5.76 Å². The van der Waals surface area contributed by atoms with Crippen molar-refractivity contribution in [2.75, 3.05) is 0 Å². The standard InChI is InChI=1S/C15H14BrNO4/c16-10-3-1-2-9-6-12(21-14(9)10)15(20)17-11(7-13(18)19)8-4-5-8/h1-3,6,8,11H,4-5,7H2,(H,17,20)(H,18,19). The summed E-state index contributed by atoms with van der Waals surface area (Å²) in [5.74, 6) is -0.801. The van der Waals surface area contributed by atoms with E-state index in [4.69, 9.17) is 9.52 Å². The highest BCUT2D eigenvalue weighted by atomic mass is 79.9. The molecule has 0 bridgehead atoms. The van der Waals surface area contributed by atoms with Crippen LogP contribution < -0.4 is 5.32 Å². The van der Waals surface area contributed by atoms with Crippen LogP contribution in [0.5, 0.6) is 0 Å². The first kappa shape index (κ1) is 14.1. The van der Waals surface area contributed by atoms with Gasteiger partial charge < -0.3 is 14.8 Å². The third kappa shape index (κ3) is 3.10. The van der Waals surface area contributed by atoms with E-state index in [0.717, 1.165) is 22.7 Å². The predicted molar refractivity (Wildman–Crippen MR) is 80.1 cm³/mol. The van der Waals surface area contributed by atoms with Gasteiger partial charge in [0.1, 0.15) is 5.58 Å². The van der Waals surface area contributed by atoms with Gasteiger partial charge in [-0.15, -0.1) is 0 Å². The van der Waals surface area contributed by atoms with Crippen LogP contribution in [0.25, 0.3) is 11.0 Å². The maximum atomic E-state index is 12.2. The van der Waals surface area contributed by atoms with Crippen molar-refractivity contribution in [3.8, 4) is 0 Å². The molecule has 2 aromatic rings. The van der Waals surface area contributed by atoms with Gasteiger partial charge in [-0.3, -0.25) is 9.59 Å². The number of halogens is 1. The van der Waals surface area contributed by atoms with Gasteiger partial charge in [-0.1, -0.05) is 12.1 Å². The zero-order valence-electron chi connectivity index (χ0n) is 11.1. The fraction of sp³-hybridized carbons (Fsp3) is 0.333. The lowest BCUT2D eigenvalue weighted by Gasteiger charge is -2.14. The summed E-state index contributed by atoms with van der Waals surface area (Å²) < 4.78 is 6.34. The van der Waals surface area contributed by atoms with Crippen LogP contribution in [0.4, 0.5) is 0 Å². The number of rotatable bonds is 5. The molecule has 1 fully saturated rings. The first-order valence-electron chi connectivity index (χ1n) is 6.75. The molecule has 1 aromatic carbocycles. The highest BCUT2D eigenvalue weighted by Gasteiger charge is 2.34. The van der Waals surface area contributed by atoms with Crippen LogP contribution in [0, 0.1) is 5.92 Å². The van der Waals surface area contributed by atoms with Crippen molar-refractivity contribution < 1.29 is 19.1 Å². The minimum atomic E-state index is -0.903. The van der Waals surface area contributed by atoms with Crippen LogP contribution in [-0.4, -0.2) is 23.0 Å². The lowest BCUT2D eigenvalue weighted by molar-refractivity contribution is -0.137. The summed E-state index contributed by atoms with van der Waals surface area (Å²) in [6.07, 6.45) is 1.87. The van der Waals surface area contributed by atoms with Crippen LogP contribution in [0.1, 0.15) is 29.8 Å². The summed E-state index contributed by atoms with van der Waals surface area (Å²) in [7, 11) is 0. The number of fused-ring (bicyclic) bond motifs is 1. The molecule has 0 saturated heterocycles. The number of carboxylic acid groups (broad SMARTS) is 1. The molecule has 1 aliphatic rings. The van der Waals surface area contributed by atoms with Crippen LogP contribution >= 0.6 is 15.9 Å². The predicted octanol–water partition coefficient (Wildman–Crippen LogP) is 3.18. The molecule has 1 aromatic heterocycles. The second-order valence-electron chi connectivity index (χ2n) is 5.28. The van der Waals surface area contributed by atoms with Gasteiger partial charge in [0.05, 0.1) is 10.9 Å². The topological polar surface area (TPSA) is 79.5 Å². The largest absolute Gasteiger partial charge is 0.481 e. The van der Waals surface area contributed by atoms with Crippen molar-refractivity contribution in [2.24, 2.45) is 5.92 Å². The Bertz CT molecular complexity index is 705. The third-order valence-corrected chi connectivity index (χ3v) is 4.25. The van der Waals surface area contributed by atoms with E-state index >= 15 is 0 Å². The zero-order chi connectivity index (χ0) is 15.0. The molecule has 1 heterocycles. The minimum absolute atomic E-state index is 0.0552. The van der Waals surface area contributed by atoms with Gasteiger partial charge in [-0.2, -0.15) is 0 Å². The average Bonchev–Trinajstić information content (AvgIpc) is 3.17. The van der Waals surface area contributed by atoms with Gasteiger partial charge in [0.25, 0.3) is 5.91 Å². The van der Waals surface area contributed by atoms with Gasteiger partial charge in [-0.05, 0) is 46.8 Å². The average molecular weight is 352 g/mol. The molecule has 2 N–H and O–H groups in total. The molecular formula is C15H14BrNO4. The number of benzene rings is 1. The summed E-state index contributed by atoms with van der Waals surface area (Å²) >= 11 is 3.37. The fourth-order valence-corrected chi connectivity index (χ4v) is 2.86. The third-order valence-electron chi connectivity index (χ3n) is 3.62. The number of amides is 1. The number of nitrogens with one attached hydrogen (secondary N) is 1. The summed E-state index contributed by atoms with van der Waals surface area (Å²) in [6, 6.07) is 6.90. The van der Waals surface area contributed by atoms with E-state index in [1.807, 2.05) is 18.2 Å². The highest BCUT2D eigenvalue weighted by molar-refractivity contribution is 9.10. The maximum absolute atomic E-state index is 12.2. The Labute approximate surface area is 129 Å². The van der Waals surface area contributed by atoms with Crippen LogP contribution in [-0.2, 0) is 4.79 Å². The van der Waals surface area contributed by atoms with Crippen molar-refractivity contribution in [3.05, 3.63) is 34.5 Å². The lowest BCUT2D eigenvalue weighted by Crippen LogP contribution is -2.37. The molecule has 3 rings (SSSR count). The van der Waals surface area contributed by atoms with Crippen LogP contribution in [0.15, 0.2) is 33.2 Å². The molecule has 1 aliphatic carbocycles. The van der Waals surface area contributed by atoms with Gasteiger partial charge >= 0.3 is 5.97 Å². The Hall–Kier alpha value is -1.82. The molecular weight excluding hydrogens is 338 g/mol. The number of carboxylic acids is 1. The monoisotopic (exact) mass is 351 g/mol. The molecule has 0 spiro atoms. The van der Waals surface area contributed by atoms with E-state index in [9.17, 15) is 9.59 Å². The number of furan rings is 1. The van der Waals surface area contributed by atoms with Crippen LogP contribution in [0.3, 0.4) is 0 Å². The lowest BCUT2D eigenvalue weighted by atomic mass is 10.1. The molecule has 1 atom stereocenters. The van der Waals surface area contributed by atoms with Gasteiger partial charge in [0.2, 0.25) is 0 Å². The molecule has 0 radical (unpaired) electrons. The van der Waals surface area contributed by atoms with Crippen molar-refractivity contribution in [1.82, 2.24) is 5.32 Å². The van der Waals surface area contributed by atoms with Gasteiger partial charge in [-0.25, -0.2) is 0 Å². The molecule has 110 valence electrons. The number of hydrogen-bond acceptors (Lipinski definition) is 3. The number of carbonyl (C=O) groups excluding carboxylic acids is 1. The molecule has 5 nitrogen and oxygen atoms in total. The van der Waals surface area contributed by atoms with Crippen molar-refractivity contribution >= 4 is 38.8 Å². The van der Waals surface area contributed by atoms with Gasteiger partial charge in [0, 0.05) is 11.4 Å². The first-order valence-corrected chi connectivity index (χ1v) is 7.54. The summed E-state index contributed by atoms with van der Waals surface area (Å²) in [5.41, 5.74) is 0.615. The van der Waals surface area contributed by atoms with E-state index in [0.29, 0.717) is 5.58 Å². The van der Waals surface area contributed by atoms with E-state index in [1.165, 1.54) is 0 Å². The van der Waals surface area contributed by atoms with Crippen molar-refractivity contribution in [3.63, 3.8) is 0 Å². The normalized spacial score (nSPS) is 15.9. The molecule has 1 unspecified atom stereocenters. The van der Waals surface area contributed by atoms with Crippen LogP contribution in [0.2, 0.25) is 0 Å². The van der Waals surface area contributed by atoms with E-state index in [2.05, 4.69) is 21.2 Å². The first-order chi connectivity index (χ1) is 10.0. The molecule has 1 amide bonds. The highest BCUT2D eigenvalue weighted by Crippen LogP contribution is 2.34. The minimum Gasteiger partial charge on any atom is -0.481 e. The SMILES string of the molecule is O=C(O)CC(NC(=O)c1cc2cccc(Br)c2o1)C1CC1. The zero-order valence-corrected chi connectivity index (χ0v) is 12.7. The summed E-state index contributed by atoms with van der Waals surface area (Å²) in [4.78, 5) is 23.1. The number of para-hydroxylation sites is 1. The Kier molecular flexibility index (Phi) is 3.71. The van der Waals surface area contributed by atoms with E-state index < -0.39 is 5.97 Å². The maximum Gasteiger partial charge on any atom is 0.305 e. The van der Waals surface area contributed by atoms with Crippen molar-refractivity contribution in [1.29, 1.82) is 0 Å². The van der Waals surface area contributed by atoms with Crippen molar-refractivity contribution in [2.45, 2.75) is 25.3 Å². The Morgan fingerprint density at radius 1 is 1.43 bits per heavy atom. The Morgan fingerprint density at radius 3 is 2.81 bits per heavy atom. The molecule has 21 heavy (non-hydrogen) atoms. The summed E-state index contributed by atoms with van der Waals surface area (Å²) in [5, 5.41) is 12.5. The second-order valence-corrected chi connectivity index (χ2v) is 6.14. The van der Waals surface area contributed by atoms with E-state index in [-0.39, 0.29) is 30.0 Å². The summed E-state index contributed by atoms with van der Waals surface area (Å²) in [6.45, 7) is 0. The molecule has 1 saturated carbocycles. The Morgan fingerprint density at radius 2 is 2.19 bits per heavy atom. The number of carbonyl (C=O) groups is 2. The van der Waals surface area contributed by atoms with E-state index in [1.54, 1.807) is 6.07 Å². The smallest absolute Gasteiger partial charge is 0.305 e. The molecule has 0 aliphatic heterocycles. The quantitative estimate of drug-likeness (QED) is 0.866. The molecule has 6 heteroatoms. The fourth-order valence-electron chi connectivity index (χ4n) is 2.40. The number of aliphatic carboxylic acids is 1.